The van der Waals surface area contributed by atoms with E-state index >= 15 is 0 Å². The zero-order chi connectivity index (χ0) is 27.1. The summed E-state index contributed by atoms with van der Waals surface area (Å²) in [5, 5.41) is 20.7. The molecule has 9 nitrogen and oxygen atoms in total. The summed E-state index contributed by atoms with van der Waals surface area (Å²) < 4.78 is 8.35. The lowest BCUT2D eigenvalue weighted by atomic mass is 9.93. The Kier molecular flexibility index (Phi) is 6.11. The highest BCUT2D eigenvalue weighted by Gasteiger charge is 2.28. The molecule has 0 bridgehead atoms. The first-order valence-electron chi connectivity index (χ1n) is 13.0. The van der Waals surface area contributed by atoms with Crippen LogP contribution in [0.1, 0.15) is 47.2 Å². The molecule has 0 fully saturated rings. The number of nitrogens with one attached hydrogen (secondary N) is 2. The Bertz CT molecular complexity index is 1780. The lowest BCUT2D eigenvalue weighted by Gasteiger charge is -2.13. The minimum Gasteiger partial charge on any atom is -0.455 e. The van der Waals surface area contributed by atoms with Crippen molar-refractivity contribution in [2.24, 2.45) is 5.10 Å². The highest BCUT2D eigenvalue weighted by Crippen LogP contribution is 2.33. The maximum atomic E-state index is 13.4. The predicted molar refractivity (Wildman–Crippen MR) is 153 cm³/mol. The number of aryl methyl sites for hydroxylation is 2. The van der Waals surface area contributed by atoms with Gasteiger partial charge in [-0.3, -0.25) is 20.3 Å². The standard InChI is InChI=1S/C30H27N5O4/c1-3-34-25-9-5-4-7-22(25)23-17-20(13-16-26(23)34)31-30(36)29-18(2)28-24(8-6-10-27(28)39-29)33-32-19-11-14-21(15-12-19)35(37)38/h4-5,7,9,11-17,32H,3,6,8,10H2,1-2H3,(H,31,36)/b33-24+. The van der Waals surface area contributed by atoms with Gasteiger partial charge in [0.05, 0.1) is 16.3 Å². The van der Waals surface area contributed by atoms with Gasteiger partial charge in [-0.1, -0.05) is 18.2 Å². The largest absolute Gasteiger partial charge is 0.455 e. The number of nitro groups is 1. The van der Waals surface area contributed by atoms with E-state index in [0.29, 0.717) is 11.4 Å². The van der Waals surface area contributed by atoms with E-state index in [1.165, 1.54) is 17.6 Å². The predicted octanol–water partition coefficient (Wildman–Crippen LogP) is 7.03. The summed E-state index contributed by atoms with van der Waals surface area (Å²) >= 11 is 0. The third-order valence-corrected chi connectivity index (χ3v) is 7.28. The second kappa shape index (κ2) is 9.75. The number of hydrogen-bond donors (Lipinski definition) is 2. The van der Waals surface area contributed by atoms with Crippen molar-refractivity contribution in [3.05, 3.63) is 99.5 Å². The number of hydrazone groups is 1. The molecule has 0 spiro atoms. The van der Waals surface area contributed by atoms with E-state index < -0.39 is 4.92 Å². The number of hydrogen-bond acceptors (Lipinski definition) is 6. The molecule has 9 heteroatoms. The number of amides is 1. The molecule has 0 aliphatic heterocycles. The molecule has 1 aliphatic carbocycles. The fourth-order valence-electron chi connectivity index (χ4n) is 5.45. The second-order valence-electron chi connectivity index (χ2n) is 9.63. The molecule has 0 saturated carbocycles. The lowest BCUT2D eigenvalue weighted by molar-refractivity contribution is -0.384. The maximum absolute atomic E-state index is 13.4. The van der Waals surface area contributed by atoms with Crippen molar-refractivity contribution in [1.29, 1.82) is 0 Å². The first kappa shape index (κ1) is 24.4. The highest BCUT2D eigenvalue weighted by atomic mass is 16.6. The number of furan rings is 1. The van der Waals surface area contributed by atoms with Crippen LogP contribution in [0.25, 0.3) is 21.8 Å². The van der Waals surface area contributed by atoms with Crippen molar-refractivity contribution in [2.45, 2.75) is 39.7 Å². The van der Waals surface area contributed by atoms with Crippen LogP contribution in [-0.2, 0) is 13.0 Å². The van der Waals surface area contributed by atoms with Gasteiger partial charge in [-0.15, -0.1) is 0 Å². The molecular weight excluding hydrogens is 494 g/mol. The molecule has 3 aromatic carbocycles. The van der Waals surface area contributed by atoms with Gasteiger partial charge in [0.15, 0.2) is 5.76 Å². The number of benzene rings is 3. The van der Waals surface area contributed by atoms with Crippen molar-refractivity contribution >= 4 is 50.5 Å². The maximum Gasteiger partial charge on any atom is 0.291 e. The fraction of sp³-hybridized carbons (Fsp3) is 0.200. The first-order valence-corrected chi connectivity index (χ1v) is 13.0. The second-order valence-corrected chi connectivity index (χ2v) is 9.63. The van der Waals surface area contributed by atoms with Crippen LogP contribution < -0.4 is 10.7 Å². The molecule has 6 rings (SSSR count). The number of aromatic nitrogens is 1. The van der Waals surface area contributed by atoms with Gasteiger partial charge in [-0.2, -0.15) is 5.10 Å². The number of fused-ring (bicyclic) bond motifs is 4. The Morgan fingerprint density at radius 1 is 1.03 bits per heavy atom. The van der Waals surface area contributed by atoms with Crippen LogP contribution in [0.3, 0.4) is 0 Å². The number of rotatable bonds is 6. The monoisotopic (exact) mass is 521 g/mol. The smallest absolute Gasteiger partial charge is 0.291 e. The van der Waals surface area contributed by atoms with E-state index in [-0.39, 0.29) is 17.4 Å². The molecule has 0 saturated heterocycles. The van der Waals surface area contributed by atoms with E-state index in [1.807, 2.05) is 37.3 Å². The average Bonchev–Trinajstić information content (AvgIpc) is 3.46. The number of nitro benzene ring substituents is 1. The summed E-state index contributed by atoms with van der Waals surface area (Å²) in [6, 6.07) is 20.3. The SMILES string of the molecule is CCn1c2ccccc2c2cc(NC(=O)c3oc4c(c3C)/C(=N/Nc3ccc([N+](=O)[O-])cc3)CCC4)ccc21. The Balaban J connectivity index is 1.27. The summed E-state index contributed by atoms with van der Waals surface area (Å²) in [6.45, 7) is 4.86. The van der Waals surface area contributed by atoms with Crippen LogP contribution in [0, 0.1) is 17.0 Å². The molecule has 2 heterocycles. The van der Waals surface area contributed by atoms with E-state index in [1.54, 1.807) is 12.1 Å². The van der Waals surface area contributed by atoms with Crippen molar-refractivity contribution < 1.29 is 14.1 Å². The fourth-order valence-corrected chi connectivity index (χ4v) is 5.45. The van der Waals surface area contributed by atoms with Crippen LogP contribution in [0.5, 0.6) is 0 Å². The van der Waals surface area contributed by atoms with Gasteiger partial charge in [0, 0.05) is 63.7 Å². The van der Waals surface area contributed by atoms with Crippen molar-refractivity contribution in [3.63, 3.8) is 0 Å². The Morgan fingerprint density at radius 3 is 2.54 bits per heavy atom. The topological polar surface area (TPSA) is 115 Å². The molecule has 39 heavy (non-hydrogen) atoms. The van der Waals surface area contributed by atoms with Crippen molar-refractivity contribution in [3.8, 4) is 0 Å². The van der Waals surface area contributed by atoms with Gasteiger partial charge in [-0.05, 0) is 63.1 Å². The van der Waals surface area contributed by atoms with Gasteiger partial charge < -0.3 is 14.3 Å². The van der Waals surface area contributed by atoms with Gasteiger partial charge in [0.2, 0.25) is 0 Å². The zero-order valence-corrected chi connectivity index (χ0v) is 21.7. The number of carbonyl (C=O) groups excluding carboxylic acids is 1. The summed E-state index contributed by atoms with van der Waals surface area (Å²) in [5.74, 6) is 0.721. The van der Waals surface area contributed by atoms with Gasteiger partial charge in [0.25, 0.3) is 11.6 Å². The van der Waals surface area contributed by atoms with Crippen LogP contribution in [0.2, 0.25) is 0 Å². The van der Waals surface area contributed by atoms with E-state index in [4.69, 9.17) is 4.42 Å². The Morgan fingerprint density at radius 2 is 1.77 bits per heavy atom. The number of para-hydroxylation sites is 1. The molecule has 1 aliphatic rings. The molecule has 5 aromatic rings. The van der Waals surface area contributed by atoms with Gasteiger partial charge in [-0.25, -0.2) is 0 Å². The number of non-ortho nitro benzene ring substituents is 1. The molecular formula is C30H27N5O4. The third kappa shape index (κ3) is 4.31. The first-order chi connectivity index (χ1) is 18.9. The molecule has 2 aromatic heterocycles. The van der Waals surface area contributed by atoms with Gasteiger partial charge >= 0.3 is 0 Å². The number of carbonyl (C=O) groups is 1. The normalized spacial score (nSPS) is 14.1. The van der Waals surface area contributed by atoms with Gasteiger partial charge in [0.1, 0.15) is 5.76 Å². The minimum atomic E-state index is -0.438. The zero-order valence-electron chi connectivity index (χ0n) is 21.7. The van der Waals surface area contributed by atoms with Crippen LogP contribution >= 0.6 is 0 Å². The highest BCUT2D eigenvalue weighted by molar-refractivity contribution is 6.12. The van der Waals surface area contributed by atoms with Crippen molar-refractivity contribution in [2.75, 3.05) is 10.7 Å². The van der Waals surface area contributed by atoms with Crippen LogP contribution in [-0.4, -0.2) is 21.1 Å². The molecule has 196 valence electrons. The molecule has 0 atom stereocenters. The summed E-state index contributed by atoms with van der Waals surface area (Å²) in [7, 11) is 0. The molecule has 0 unspecified atom stereocenters. The average molecular weight is 522 g/mol. The third-order valence-electron chi connectivity index (χ3n) is 7.28. The van der Waals surface area contributed by atoms with Crippen molar-refractivity contribution in [1.82, 2.24) is 4.57 Å². The van der Waals surface area contributed by atoms with E-state index in [9.17, 15) is 14.9 Å². The summed E-state index contributed by atoms with van der Waals surface area (Å²) in [5.41, 5.74) is 9.03. The summed E-state index contributed by atoms with van der Waals surface area (Å²) in [4.78, 5) is 23.8. The number of anilines is 2. The van der Waals surface area contributed by atoms with E-state index in [0.717, 1.165) is 64.7 Å². The quantitative estimate of drug-likeness (QED) is 0.184. The summed E-state index contributed by atoms with van der Waals surface area (Å²) in [6.07, 6.45) is 2.30. The molecule has 0 radical (unpaired) electrons. The Hall–Kier alpha value is -4.92. The lowest BCUT2D eigenvalue weighted by Crippen LogP contribution is -2.14. The molecule has 1 amide bonds. The Labute approximate surface area is 224 Å². The molecule has 2 N–H and O–H groups in total. The van der Waals surface area contributed by atoms with Crippen LogP contribution in [0.4, 0.5) is 17.1 Å². The number of nitrogens with zero attached hydrogens (tertiary/aromatic N) is 3. The van der Waals surface area contributed by atoms with E-state index in [2.05, 4.69) is 39.5 Å². The minimum absolute atomic E-state index is 0.0183. The van der Waals surface area contributed by atoms with Crippen LogP contribution in [0.15, 0.2) is 76.2 Å².